The number of hydrogen-bond donors (Lipinski definition) is 2. The summed E-state index contributed by atoms with van der Waals surface area (Å²) in [5.74, 6) is 0.697. The van der Waals surface area contributed by atoms with E-state index >= 15 is 0 Å². The van der Waals surface area contributed by atoms with Crippen LogP contribution in [0.2, 0.25) is 0 Å². The number of amides is 1. The van der Waals surface area contributed by atoms with E-state index in [-0.39, 0.29) is 5.91 Å². The van der Waals surface area contributed by atoms with E-state index in [0.717, 1.165) is 43.0 Å². The molecular weight excluding hydrogens is 264 g/mol. The van der Waals surface area contributed by atoms with Crippen LogP contribution in [0.15, 0.2) is 24.3 Å². The maximum atomic E-state index is 11.9. The molecule has 21 heavy (non-hydrogen) atoms. The van der Waals surface area contributed by atoms with Gasteiger partial charge in [-0.05, 0) is 32.5 Å². The molecule has 1 aliphatic rings. The molecule has 0 radical (unpaired) electrons. The first-order chi connectivity index (χ1) is 10.1. The van der Waals surface area contributed by atoms with Gasteiger partial charge in [0.15, 0.2) is 0 Å². The largest absolute Gasteiger partial charge is 0.351 e. The van der Waals surface area contributed by atoms with E-state index in [0.29, 0.717) is 5.69 Å². The van der Waals surface area contributed by atoms with Gasteiger partial charge in [0.05, 0.1) is 0 Å². The van der Waals surface area contributed by atoms with Gasteiger partial charge < -0.3 is 15.2 Å². The molecule has 1 amide bonds. The molecule has 2 N–H and O–H groups in total. The lowest BCUT2D eigenvalue weighted by Crippen LogP contribution is -2.23. The lowest BCUT2D eigenvalue weighted by Gasteiger charge is -2.09. The van der Waals surface area contributed by atoms with Crippen LogP contribution in [-0.2, 0) is 13.0 Å². The van der Waals surface area contributed by atoms with Gasteiger partial charge in [0.2, 0.25) is 0 Å². The first kappa shape index (κ1) is 13.8. The van der Waals surface area contributed by atoms with Gasteiger partial charge in [-0.15, -0.1) is 0 Å². The molecule has 0 unspecified atom stereocenters. The summed E-state index contributed by atoms with van der Waals surface area (Å²) >= 11 is 0. The molecule has 2 heterocycles. The van der Waals surface area contributed by atoms with Crippen molar-refractivity contribution >= 4 is 5.91 Å². The van der Waals surface area contributed by atoms with E-state index in [2.05, 4.69) is 58.5 Å². The number of carbonyl (C=O) groups excluding carboxylic acids is 1. The maximum absolute atomic E-state index is 11.9. The number of aryl methyl sites for hydroxylation is 1. The molecule has 0 aliphatic carbocycles. The minimum Gasteiger partial charge on any atom is -0.351 e. The first-order valence-electron chi connectivity index (χ1n) is 7.24. The Morgan fingerprint density at radius 1 is 1.24 bits per heavy atom. The van der Waals surface area contributed by atoms with Crippen LogP contribution in [0.1, 0.15) is 28.2 Å². The Balaban J connectivity index is 1.87. The van der Waals surface area contributed by atoms with Gasteiger partial charge in [0.1, 0.15) is 11.5 Å². The van der Waals surface area contributed by atoms with Gasteiger partial charge >= 0.3 is 0 Å². The maximum Gasteiger partial charge on any atom is 0.271 e. The number of aromatic amines is 1. The number of imidazole rings is 1. The number of rotatable bonds is 3. The van der Waals surface area contributed by atoms with E-state index in [1.165, 1.54) is 5.56 Å². The predicted molar refractivity (Wildman–Crippen MR) is 82.1 cm³/mol. The van der Waals surface area contributed by atoms with Crippen molar-refractivity contribution in [3.05, 3.63) is 41.2 Å². The van der Waals surface area contributed by atoms with Crippen molar-refractivity contribution in [3.8, 4) is 11.4 Å². The van der Waals surface area contributed by atoms with E-state index < -0.39 is 0 Å². The van der Waals surface area contributed by atoms with Crippen molar-refractivity contribution < 1.29 is 4.79 Å². The van der Waals surface area contributed by atoms with Crippen molar-refractivity contribution in [3.63, 3.8) is 0 Å². The van der Waals surface area contributed by atoms with Gasteiger partial charge in [-0.1, -0.05) is 24.3 Å². The Hall–Kier alpha value is -2.14. The molecule has 0 saturated heterocycles. The fourth-order valence-electron chi connectivity index (χ4n) is 2.60. The Bertz CT molecular complexity index is 643. The van der Waals surface area contributed by atoms with Crippen molar-refractivity contribution in [2.24, 2.45) is 0 Å². The first-order valence-corrected chi connectivity index (χ1v) is 7.24. The third-order valence-electron chi connectivity index (χ3n) is 3.61. The predicted octanol–water partition coefficient (Wildman–Crippen LogP) is 1.81. The Morgan fingerprint density at radius 2 is 2.00 bits per heavy atom. The second-order valence-corrected chi connectivity index (χ2v) is 5.71. The highest BCUT2D eigenvalue weighted by molar-refractivity contribution is 5.94. The molecule has 1 aliphatic heterocycles. The summed E-state index contributed by atoms with van der Waals surface area (Å²) in [6.07, 6.45) is 1.81. The highest BCUT2D eigenvalue weighted by Crippen LogP contribution is 2.21. The van der Waals surface area contributed by atoms with Crippen LogP contribution in [0.5, 0.6) is 0 Å². The van der Waals surface area contributed by atoms with Gasteiger partial charge in [-0.2, -0.15) is 0 Å². The molecule has 0 atom stereocenters. The number of nitrogens with zero attached hydrogens (tertiary/aromatic N) is 2. The van der Waals surface area contributed by atoms with Crippen LogP contribution in [0, 0.1) is 0 Å². The molecule has 1 aromatic heterocycles. The normalized spacial score (nSPS) is 14.7. The van der Waals surface area contributed by atoms with Gasteiger partial charge in [-0.3, -0.25) is 4.79 Å². The number of carbonyl (C=O) groups is 1. The fourth-order valence-corrected chi connectivity index (χ4v) is 2.60. The zero-order chi connectivity index (χ0) is 14.8. The topological polar surface area (TPSA) is 61.0 Å². The molecular formula is C16H20N4O. The Kier molecular flexibility index (Phi) is 3.75. The average molecular weight is 284 g/mol. The molecule has 1 aromatic carbocycles. The van der Waals surface area contributed by atoms with Gasteiger partial charge in [0.25, 0.3) is 5.91 Å². The summed E-state index contributed by atoms with van der Waals surface area (Å²) in [5.41, 5.74) is 3.75. The van der Waals surface area contributed by atoms with E-state index in [1.807, 2.05) is 0 Å². The van der Waals surface area contributed by atoms with Gasteiger partial charge in [-0.25, -0.2) is 4.98 Å². The van der Waals surface area contributed by atoms with Crippen LogP contribution >= 0.6 is 0 Å². The Labute approximate surface area is 124 Å². The van der Waals surface area contributed by atoms with Crippen LogP contribution in [-0.4, -0.2) is 41.4 Å². The molecule has 0 spiro atoms. The summed E-state index contributed by atoms with van der Waals surface area (Å²) in [7, 11) is 4.10. The zero-order valence-electron chi connectivity index (χ0n) is 12.4. The third kappa shape index (κ3) is 2.97. The minimum atomic E-state index is -0.0748. The summed E-state index contributed by atoms with van der Waals surface area (Å²) < 4.78 is 0. The number of hydrogen-bond acceptors (Lipinski definition) is 3. The van der Waals surface area contributed by atoms with E-state index in [9.17, 15) is 4.79 Å². The quantitative estimate of drug-likeness (QED) is 0.903. The fraction of sp³-hybridized carbons (Fsp3) is 0.375. The summed E-state index contributed by atoms with van der Waals surface area (Å²) in [4.78, 5) is 21.8. The van der Waals surface area contributed by atoms with Crippen LogP contribution in [0.4, 0.5) is 0 Å². The number of H-pyrrole nitrogens is 1. The molecule has 110 valence electrons. The molecule has 0 bridgehead atoms. The van der Waals surface area contributed by atoms with Crippen LogP contribution < -0.4 is 5.32 Å². The average Bonchev–Trinajstić information content (AvgIpc) is 2.80. The monoisotopic (exact) mass is 284 g/mol. The van der Waals surface area contributed by atoms with Crippen molar-refractivity contribution in [2.45, 2.75) is 19.4 Å². The lowest BCUT2D eigenvalue weighted by atomic mass is 10.1. The smallest absolute Gasteiger partial charge is 0.271 e. The Morgan fingerprint density at radius 3 is 2.71 bits per heavy atom. The second kappa shape index (κ2) is 5.69. The number of benzene rings is 1. The van der Waals surface area contributed by atoms with Crippen LogP contribution in [0.3, 0.4) is 0 Å². The summed E-state index contributed by atoms with van der Waals surface area (Å²) in [6, 6.07) is 8.30. The van der Waals surface area contributed by atoms with Crippen molar-refractivity contribution in [1.29, 1.82) is 0 Å². The van der Waals surface area contributed by atoms with E-state index in [4.69, 9.17) is 0 Å². The van der Waals surface area contributed by atoms with Crippen LogP contribution in [0.25, 0.3) is 11.4 Å². The number of aromatic nitrogens is 2. The molecule has 0 fully saturated rings. The molecule has 0 saturated carbocycles. The summed E-state index contributed by atoms with van der Waals surface area (Å²) in [5, 5.41) is 2.87. The van der Waals surface area contributed by atoms with Crippen molar-refractivity contribution in [2.75, 3.05) is 20.6 Å². The van der Waals surface area contributed by atoms with E-state index in [1.54, 1.807) is 0 Å². The molecule has 5 nitrogen and oxygen atoms in total. The minimum absolute atomic E-state index is 0.0748. The molecule has 5 heteroatoms. The van der Waals surface area contributed by atoms with Gasteiger partial charge in [0, 0.05) is 24.3 Å². The second-order valence-electron chi connectivity index (χ2n) is 5.71. The third-order valence-corrected chi connectivity index (χ3v) is 3.61. The molecule has 3 rings (SSSR count). The number of fused-ring (bicyclic) bond motifs is 1. The SMILES string of the molecule is CN(C)Cc1ccc(-c2nc3c([nH]2)CCCNC3=O)cc1. The zero-order valence-corrected chi connectivity index (χ0v) is 12.4. The van der Waals surface area contributed by atoms with Crippen molar-refractivity contribution in [1.82, 2.24) is 20.2 Å². The standard InChI is InChI=1S/C16H20N4O/c1-20(2)10-11-5-7-12(8-6-11)15-18-13-4-3-9-17-16(21)14(13)19-15/h5-8H,3-4,9-10H2,1-2H3,(H,17,21)(H,18,19). The highest BCUT2D eigenvalue weighted by atomic mass is 16.1. The number of nitrogens with one attached hydrogen (secondary N) is 2. The lowest BCUT2D eigenvalue weighted by molar-refractivity contribution is 0.0951. The molecule has 2 aromatic rings. The highest BCUT2D eigenvalue weighted by Gasteiger charge is 2.20. The summed E-state index contributed by atoms with van der Waals surface area (Å²) in [6.45, 7) is 1.63.